The maximum absolute atomic E-state index is 11.9. The SMILES string of the molecule is CSc1ccc(-c2csc(NC(=O)CSc3nncs3)n2)cc1. The zero-order chi connectivity index (χ0) is 16.1. The maximum Gasteiger partial charge on any atom is 0.236 e. The molecule has 0 saturated heterocycles. The molecule has 0 aliphatic heterocycles. The third kappa shape index (κ3) is 4.54. The van der Waals surface area contributed by atoms with Crippen LogP contribution < -0.4 is 5.32 Å². The minimum Gasteiger partial charge on any atom is -0.301 e. The van der Waals surface area contributed by atoms with Gasteiger partial charge in [0, 0.05) is 15.8 Å². The van der Waals surface area contributed by atoms with Crippen molar-refractivity contribution < 1.29 is 4.79 Å². The molecule has 0 bridgehead atoms. The highest BCUT2D eigenvalue weighted by atomic mass is 32.2. The van der Waals surface area contributed by atoms with Crippen molar-refractivity contribution in [2.75, 3.05) is 17.3 Å². The van der Waals surface area contributed by atoms with Gasteiger partial charge in [0.15, 0.2) is 9.47 Å². The molecule has 0 aliphatic carbocycles. The summed E-state index contributed by atoms with van der Waals surface area (Å²) in [6.45, 7) is 0. The molecule has 1 N–H and O–H groups in total. The van der Waals surface area contributed by atoms with Gasteiger partial charge in [0.2, 0.25) is 5.91 Å². The molecule has 0 spiro atoms. The van der Waals surface area contributed by atoms with Crippen LogP contribution >= 0.6 is 46.2 Å². The molecule has 118 valence electrons. The Kier molecular flexibility index (Phi) is 5.65. The fraction of sp³-hybridized carbons (Fsp3) is 0.143. The van der Waals surface area contributed by atoms with E-state index < -0.39 is 0 Å². The predicted octanol–water partition coefficient (Wildman–Crippen LogP) is 4.11. The summed E-state index contributed by atoms with van der Waals surface area (Å²) in [6.07, 6.45) is 2.05. The minimum absolute atomic E-state index is 0.0937. The van der Waals surface area contributed by atoms with E-state index in [-0.39, 0.29) is 5.91 Å². The van der Waals surface area contributed by atoms with E-state index in [0.717, 1.165) is 15.6 Å². The molecule has 3 rings (SSSR count). The van der Waals surface area contributed by atoms with Crippen LogP contribution in [0.4, 0.5) is 5.13 Å². The lowest BCUT2D eigenvalue weighted by Crippen LogP contribution is -2.13. The summed E-state index contributed by atoms with van der Waals surface area (Å²) in [5.74, 6) is 0.204. The highest BCUT2D eigenvalue weighted by Crippen LogP contribution is 2.27. The van der Waals surface area contributed by atoms with Crippen molar-refractivity contribution in [3.63, 3.8) is 0 Å². The zero-order valence-corrected chi connectivity index (χ0v) is 15.3. The first-order valence-corrected chi connectivity index (χ1v) is 10.5. The van der Waals surface area contributed by atoms with Crippen LogP contribution in [0.3, 0.4) is 0 Å². The van der Waals surface area contributed by atoms with E-state index in [1.807, 2.05) is 23.8 Å². The lowest BCUT2D eigenvalue weighted by atomic mass is 10.2. The lowest BCUT2D eigenvalue weighted by Gasteiger charge is -2.00. The number of anilines is 1. The van der Waals surface area contributed by atoms with Crippen molar-refractivity contribution in [1.82, 2.24) is 15.2 Å². The summed E-state index contributed by atoms with van der Waals surface area (Å²) in [6, 6.07) is 8.21. The molecule has 0 saturated carbocycles. The molecule has 2 aromatic heterocycles. The molecule has 9 heteroatoms. The third-order valence-corrected chi connectivity index (χ3v) is 6.16. The Morgan fingerprint density at radius 2 is 2.09 bits per heavy atom. The predicted molar refractivity (Wildman–Crippen MR) is 98.6 cm³/mol. The number of aromatic nitrogens is 3. The number of amides is 1. The molecule has 0 aliphatic rings. The van der Waals surface area contributed by atoms with Gasteiger partial charge in [-0.05, 0) is 18.4 Å². The van der Waals surface area contributed by atoms with Crippen molar-refractivity contribution in [3.05, 3.63) is 35.2 Å². The topological polar surface area (TPSA) is 67.8 Å². The summed E-state index contributed by atoms with van der Waals surface area (Å²) in [5, 5.41) is 13.0. The van der Waals surface area contributed by atoms with Gasteiger partial charge in [-0.15, -0.1) is 33.3 Å². The number of carbonyl (C=O) groups excluding carboxylic acids is 1. The number of thioether (sulfide) groups is 2. The van der Waals surface area contributed by atoms with Crippen LogP contribution in [0, 0.1) is 0 Å². The van der Waals surface area contributed by atoms with E-state index in [9.17, 15) is 4.79 Å². The van der Waals surface area contributed by atoms with E-state index in [0.29, 0.717) is 10.9 Å². The number of hydrogen-bond donors (Lipinski definition) is 1. The second-order valence-corrected chi connectivity index (χ2v) is 8.10. The molecule has 0 radical (unpaired) electrons. The largest absolute Gasteiger partial charge is 0.301 e. The Balaban J connectivity index is 1.58. The van der Waals surface area contributed by atoms with Crippen LogP contribution in [0.5, 0.6) is 0 Å². The summed E-state index contributed by atoms with van der Waals surface area (Å²) in [4.78, 5) is 17.6. The molecule has 3 aromatic rings. The average molecular weight is 381 g/mol. The van der Waals surface area contributed by atoms with Crippen molar-refractivity contribution >= 4 is 57.2 Å². The van der Waals surface area contributed by atoms with Crippen LogP contribution in [-0.2, 0) is 4.79 Å². The van der Waals surface area contributed by atoms with E-state index in [4.69, 9.17) is 0 Å². The molecule has 0 fully saturated rings. The molecule has 5 nitrogen and oxygen atoms in total. The standard InChI is InChI=1S/C14H12N4OS4/c1-20-10-4-2-9(3-5-10)11-6-21-13(16-11)17-12(19)7-22-14-18-15-8-23-14/h2-6,8H,7H2,1H3,(H,16,17,19). The fourth-order valence-electron chi connectivity index (χ4n) is 1.73. The van der Waals surface area contributed by atoms with Crippen molar-refractivity contribution in [2.45, 2.75) is 9.24 Å². The normalized spacial score (nSPS) is 10.7. The first kappa shape index (κ1) is 16.4. The second kappa shape index (κ2) is 7.91. The van der Waals surface area contributed by atoms with Crippen LogP contribution in [0.25, 0.3) is 11.3 Å². The molecule has 1 aromatic carbocycles. The quantitative estimate of drug-likeness (QED) is 0.649. The Bertz CT molecular complexity index is 770. The number of nitrogens with zero attached hydrogens (tertiary/aromatic N) is 3. The highest BCUT2D eigenvalue weighted by Gasteiger charge is 2.09. The molecule has 0 atom stereocenters. The average Bonchev–Trinajstić information content (AvgIpc) is 3.25. The number of benzene rings is 1. The van der Waals surface area contributed by atoms with Gasteiger partial charge in [-0.3, -0.25) is 4.79 Å². The summed E-state index contributed by atoms with van der Waals surface area (Å²) in [5.41, 5.74) is 3.56. The Hall–Kier alpha value is -1.42. The fourth-order valence-corrected chi connectivity index (χ4v) is 4.17. The Morgan fingerprint density at radius 3 is 2.78 bits per heavy atom. The number of thiazole rings is 1. The summed E-state index contributed by atoms with van der Waals surface area (Å²) >= 11 is 5.92. The number of hydrogen-bond acceptors (Lipinski definition) is 8. The van der Waals surface area contributed by atoms with Gasteiger partial charge in [0.05, 0.1) is 11.4 Å². The molecular weight excluding hydrogens is 368 g/mol. The van der Waals surface area contributed by atoms with Gasteiger partial charge in [-0.25, -0.2) is 4.98 Å². The van der Waals surface area contributed by atoms with Gasteiger partial charge in [-0.2, -0.15) is 0 Å². The van der Waals surface area contributed by atoms with Crippen molar-refractivity contribution in [3.8, 4) is 11.3 Å². The second-order valence-electron chi connectivity index (χ2n) is 4.31. The smallest absolute Gasteiger partial charge is 0.236 e. The van der Waals surface area contributed by atoms with Crippen LogP contribution in [0.1, 0.15) is 0 Å². The van der Waals surface area contributed by atoms with Crippen LogP contribution in [0.2, 0.25) is 0 Å². The molecule has 0 unspecified atom stereocenters. The monoisotopic (exact) mass is 380 g/mol. The highest BCUT2D eigenvalue weighted by molar-refractivity contribution is 8.01. The first-order valence-electron chi connectivity index (χ1n) is 6.53. The van der Waals surface area contributed by atoms with Gasteiger partial charge < -0.3 is 5.32 Å². The molecule has 1 amide bonds. The summed E-state index contributed by atoms with van der Waals surface area (Å²) < 4.78 is 0.786. The van der Waals surface area contributed by atoms with Crippen molar-refractivity contribution in [2.24, 2.45) is 0 Å². The van der Waals surface area contributed by atoms with E-state index in [2.05, 4.69) is 32.6 Å². The lowest BCUT2D eigenvalue weighted by molar-refractivity contribution is -0.113. The van der Waals surface area contributed by atoms with Gasteiger partial charge in [-0.1, -0.05) is 35.2 Å². The van der Waals surface area contributed by atoms with E-state index in [1.54, 1.807) is 17.3 Å². The van der Waals surface area contributed by atoms with Crippen LogP contribution in [0.15, 0.2) is 44.4 Å². The summed E-state index contributed by atoms with van der Waals surface area (Å²) in [7, 11) is 0. The third-order valence-electron chi connectivity index (χ3n) is 2.80. The van der Waals surface area contributed by atoms with Gasteiger partial charge in [0.1, 0.15) is 5.51 Å². The number of nitrogens with one attached hydrogen (secondary N) is 1. The minimum atomic E-state index is -0.0937. The zero-order valence-electron chi connectivity index (χ0n) is 12.1. The van der Waals surface area contributed by atoms with Crippen molar-refractivity contribution in [1.29, 1.82) is 0 Å². The Labute approximate surface area is 150 Å². The van der Waals surface area contributed by atoms with Gasteiger partial charge in [0.25, 0.3) is 0 Å². The van der Waals surface area contributed by atoms with Gasteiger partial charge >= 0.3 is 0 Å². The molecule has 23 heavy (non-hydrogen) atoms. The van der Waals surface area contributed by atoms with E-state index >= 15 is 0 Å². The molecule has 2 heterocycles. The molecular formula is C14H12N4OS4. The Morgan fingerprint density at radius 1 is 1.26 bits per heavy atom. The number of carbonyl (C=O) groups is 1. The van der Waals surface area contributed by atoms with Crippen LogP contribution in [-0.4, -0.2) is 33.1 Å². The van der Waals surface area contributed by atoms with E-state index in [1.165, 1.54) is 39.3 Å². The first-order chi connectivity index (χ1) is 11.2. The number of rotatable bonds is 6. The maximum atomic E-state index is 11.9.